The van der Waals surface area contributed by atoms with Crippen LogP contribution in [-0.2, 0) is 0 Å². The fourth-order valence-electron chi connectivity index (χ4n) is 1.92. The molecule has 3 nitrogen and oxygen atoms in total. The molecule has 2 rings (SSSR count). The second kappa shape index (κ2) is 6.06. The number of pyridine rings is 1. The summed E-state index contributed by atoms with van der Waals surface area (Å²) in [5.74, 6) is 0.878. The molecule has 1 aromatic carbocycles. The lowest BCUT2D eigenvalue weighted by Crippen LogP contribution is -2.21. The average molecular weight is 321 g/mol. The van der Waals surface area contributed by atoms with Crippen LogP contribution in [0, 0.1) is 0 Å². The summed E-state index contributed by atoms with van der Waals surface area (Å²) >= 11 is 3.45. The van der Waals surface area contributed by atoms with Crippen LogP contribution in [0.25, 0.3) is 0 Å². The van der Waals surface area contributed by atoms with Crippen LogP contribution in [-0.4, -0.2) is 19.1 Å². The Morgan fingerprint density at radius 1 is 1.21 bits per heavy atom. The third-order valence-electron chi connectivity index (χ3n) is 3.28. The van der Waals surface area contributed by atoms with Crippen molar-refractivity contribution in [1.29, 1.82) is 0 Å². The van der Waals surface area contributed by atoms with Crippen molar-refractivity contribution >= 4 is 21.6 Å². The fraction of sp³-hybridized carbons (Fsp3) is 0.267. The predicted octanol–water partition coefficient (Wildman–Crippen LogP) is 4.05. The highest BCUT2D eigenvalue weighted by atomic mass is 79.9. The molecule has 19 heavy (non-hydrogen) atoms. The van der Waals surface area contributed by atoms with Crippen molar-refractivity contribution in [3.05, 3.63) is 52.8 Å². The highest BCUT2D eigenvalue weighted by Crippen LogP contribution is 2.27. The van der Waals surface area contributed by atoms with Crippen molar-refractivity contribution in [3.8, 4) is 5.75 Å². The van der Waals surface area contributed by atoms with Gasteiger partial charge in [-0.3, -0.25) is 4.98 Å². The van der Waals surface area contributed by atoms with E-state index in [1.54, 1.807) is 13.3 Å². The molecule has 4 heteroatoms. The summed E-state index contributed by atoms with van der Waals surface area (Å²) in [5, 5.41) is 0. The monoisotopic (exact) mass is 320 g/mol. The van der Waals surface area contributed by atoms with Crippen LogP contribution in [0.3, 0.4) is 0 Å². The van der Waals surface area contributed by atoms with Gasteiger partial charge in [0.2, 0.25) is 0 Å². The van der Waals surface area contributed by atoms with Crippen molar-refractivity contribution in [3.63, 3.8) is 0 Å². The zero-order valence-electron chi connectivity index (χ0n) is 11.3. The number of rotatable bonds is 4. The third-order valence-corrected chi connectivity index (χ3v) is 3.71. The Hall–Kier alpha value is -1.55. The van der Waals surface area contributed by atoms with Gasteiger partial charge in [-0.2, -0.15) is 0 Å². The fourth-order valence-corrected chi connectivity index (χ4v) is 2.28. The molecule has 0 aliphatic carbocycles. The molecule has 1 aromatic heterocycles. The average Bonchev–Trinajstić information content (AvgIpc) is 2.46. The number of benzene rings is 1. The van der Waals surface area contributed by atoms with Crippen LogP contribution in [0.15, 0.2) is 47.2 Å². The summed E-state index contributed by atoms with van der Waals surface area (Å²) in [5.41, 5.74) is 2.32. The quantitative estimate of drug-likeness (QED) is 0.849. The van der Waals surface area contributed by atoms with Gasteiger partial charge >= 0.3 is 0 Å². The van der Waals surface area contributed by atoms with Crippen LogP contribution in [0.2, 0.25) is 0 Å². The number of ether oxygens (including phenoxy) is 1. The molecule has 1 atom stereocenters. The van der Waals surface area contributed by atoms with E-state index >= 15 is 0 Å². The molecule has 0 fully saturated rings. The molecule has 1 heterocycles. The summed E-state index contributed by atoms with van der Waals surface area (Å²) in [7, 11) is 3.75. The second-order valence-corrected chi connectivity index (χ2v) is 5.34. The Labute approximate surface area is 122 Å². The van der Waals surface area contributed by atoms with Gasteiger partial charge in [-0.1, -0.05) is 12.1 Å². The lowest BCUT2D eigenvalue weighted by Gasteiger charge is -2.27. The number of nitrogens with zero attached hydrogens (tertiary/aromatic N) is 2. The number of aromatic nitrogens is 1. The Bertz CT molecular complexity index is 542. The molecule has 1 unspecified atom stereocenters. The van der Waals surface area contributed by atoms with E-state index in [-0.39, 0.29) is 6.04 Å². The van der Waals surface area contributed by atoms with Crippen molar-refractivity contribution in [2.45, 2.75) is 13.0 Å². The van der Waals surface area contributed by atoms with E-state index in [2.05, 4.69) is 58.0 Å². The van der Waals surface area contributed by atoms with Gasteiger partial charge in [-0.15, -0.1) is 0 Å². The number of methoxy groups -OCH3 is 1. The molecule has 0 bridgehead atoms. The summed E-state index contributed by atoms with van der Waals surface area (Å²) in [4.78, 5) is 6.39. The molecular formula is C15H17BrN2O. The third kappa shape index (κ3) is 3.26. The first-order chi connectivity index (χ1) is 9.11. The van der Waals surface area contributed by atoms with Gasteiger partial charge in [0, 0.05) is 17.7 Å². The zero-order valence-corrected chi connectivity index (χ0v) is 12.9. The first kappa shape index (κ1) is 13.9. The maximum absolute atomic E-state index is 5.18. The standard InChI is InChI=1S/C15H17BrN2O/c1-11(12-4-6-15(19-3)7-5-12)18(2)14-8-13(16)9-17-10-14/h4-11H,1-3H3. The SMILES string of the molecule is COc1ccc(C(C)N(C)c2cncc(Br)c2)cc1. The van der Waals surface area contributed by atoms with Gasteiger partial charge in [0.15, 0.2) is 0 Å². The number of hydrogen-bond acceptors (Lipinski definition) is 3. The van der Waals surface area contributed by atoms with Crippen LogP contribution in [0.5, 0.6) is 5.75 Å². The van der Waals surface area contributed by atoms with Crippen molar-refractivity contribution in [2.24, 2.45) is 0 Å². The van der Waals surface area contributed by atoms with Crippen LogP contribution in [0.1, 0.15) is 18.5 Å². The lowest BCUT2D eigenvalue weighted by atomic mass is 10.1. The maximum Gasteiger partial charge on any atom is 0.118 e. The molecule has 0 aliphatic rings. The molecule has 0 saturated heterocycles. The number of hydrogen-bond donors (Lipinski definition) is 0. The van der Waals surface area contributed by atoms with Gasteiger partial charge in [0.05, 0.1) is 25.0 Å². The Morgan fingerprint density at radius 2 is 1.89 bits per heavy atom. The van der Waals surface area contributed by atoms with Crippen LogP contribution >= 0.6 is 15.9 Å². The van der Waals surface area contributed by atoms with Gasteiger partial charge in [0.1, 0.15) is 5.75 Å². The van der Waals surface area contributed by atoms with Crippen LogP contribution < -0.4 is 9.64 Å². The first-order valence-corrected chi connectivity index (χ1v) is 6.88. The van der Waals surface area contributed by atoms with Gasteiger partial charge in [-0.25, -0.2) is 0 Å². The van der Waals surface area contributed by atoms with Crippen molar-refractivity contribution in [2.75, 3.05) is 19.1 Å². The van der Waals surface area contributed by atoms with Crippen molar-refractivity contribution in [1.82, 2.24) is 4.98 Å². The molecule has 2 aromatic rings. The van der Waals surface area contributed by atoms with Gasteiger partial charge < -0.3 is 9.64 Å². The smallest absolute Gasteiger partial charge is 0.118 e. The molecular weight excluding hydrogens is 304 g/mol. The maximum atomic E-state index is 5.18. The Balaban J connectivity index is 2.20. The van der Waals surface area contributed by atoms with E-state index in [9.17, 15) is 0 Å². The predicted molar refractivity (Wildman–Crippen MR) is 81.7 cm³/mol. The minimum absolute atomic E-state index is 0.266. The highest BCUT2D eigenvalue weighted by molar-refractivity contribution is 9.10. The Kier molecular flexibility index (Phi) is 4.43. The minimum atomic E-state index is 0.266. The van der Waals surface area contributed by atoms with E-state index in [1.807, 2.05) is 18.3 Å². The van der Waals surface area contributed by atoms with E-state index < -0.39 is 0 Å². The van der Waals surface area contributed by atoms with E-state index in [0.717, 1.165) is 15.9 Å². The van der Waals surface area contributed by atoms with E-state index in [1.165, 1.54) is 5.56 Å². The minimum Gasteiger partial charge on any atom is -0.497 e. The van der Waals surface area contributed by atoms with Crippen molar-refractivity contribution < 1.29 is 4.74 Å². The number of anilines is 1. The largest absolute Gasteiger partial charge is 0.497 e. The molecule has 0 N–H and O–H groups in total. The Morgan fingerprint density at radius 3 is 2.47 bits per heavy atom. The molecule has 0 radical (unpaired) electrons. The molecule has 0 aliphatic heterocycles. The number of halogens is 1. The normalized spacial score (nSPS) is 12.0. The van der Waals surface area contributed by atoms with Gasteiger partial charge in [0.25, 0.3) is 0 Å². The molecule has 0 amide bonds. The second-order valence-electron chi connectivity index (χ2n) is 4.42. The molecule has 0 saturated carbocycles. The zero-order chi connectivity index (χ0) is 13.8. The molecule has 100 valence electrons. The van der Waals surface area contributed by atoms with E-state index in [4.69, 9.17) is 4.74 Å². The summed E-state index contributed by atoms with van der Waals surface area (Å²) < 4.78 is 6.16. The topological polar surface area (TPSA) is 25.4 Å². The summed E-state index contributed by atoms with van der Waals surface area (Å²) in [6.07, 6.45) is 3.65. The first-order valence-electron chi connectivity index (χ1n) is 6.09. The highest BCUT2D eigenvalue weighted by Gasteiger charge is 2.12. The lowest BCUT2D eigenvalue weighted by molar-refractivity contribution is 0.414. The summed E-state index contributed by atoms with van der Waals surface area (Å²) in [6.45, 7) is 2.17. The molecule has 0 spiro atoms. The van der Waals surface area contributed by atoms with Crippen LogP contribution in [0.4, 0.5) is 5.69 Å². The summed E-state index contributed by atoms with van der Waals surface area (Å²) in [6, 6.07) is 10.5. The van der Waals surface area contributed by atoms with E-state index in [0.29, 0.717) is 0 Å². The van der Waals surface area contributed by atoms with Gasteiger partial charge in [-0.05, 0) is 46.6 Å².